The van der Waals surface area contributed by atoms with Gasteiger partial charge in [-0.3, -0.25) is 9.48 Å². The molecule has 1 aromatic rings. The Morgan fingerprint density at radius 2 is 1.92 bits per heavy atom. The van der Waals surface area contributed by atoms with Gasteiger partial charge < -0.3 is 4.90 Å². The van der Waals surface area contributed by atoms with Gasteiger partial charge in [0.1, 0.15) is 0 Å². The fraction of sp³-hybridized carbons (Fsp3) is 0.789. The van der Waals surface area contributed by atoms with Gasteiger partial charge in [0.25, 0.3) is 5.92 Å². The Bertz CT molecular complexity index is 685. The summed E-state index contributed by atoms with van der Waals surface area (Å²) >= 11 is 0. The van der Waals surface area contributed by atoms with Gasteiger partial charge in [-0.1, -0.05) is 0 Å². The molecule has 0 aromatic carbocycles. The zero-order valence-corrected chi connectivity index (χ0v) is 14.5. The molecule has 2 bridgehead atoms. The number of piperidine rings is 1. The van der Waals surface area contributed by atoms with Crippen LogP contribution in [0.1, 0.15) is 63.1 Å². The van der Waals surface area contributed by atoms with E-state index in [-0.39, 0.29) is 43.2 Å². The van der Waals surface area contributed by atoms with E-state index in [2.05, 4.69) is 15.8 Å². The van der Waals surface area contributed by atoms with E-state index >= 15 is 0 Å². The third kappa shape index (κ3) is 2.21. The molecular weight excluding hydrogens is 324 g/mol. The highest BCUT2D eigenvalue weighted by molar-refractivity contribution is 5.83. The van der Waals surface area contributed by atoms with Gasteiger partial charge in [-0.05, 0) is 50.5 Å². The number of amides is 1. The molecule has 1 saturated heterocycles. The Labute approximate surface area is 146 Å². The maximum atomic E-state index is 13.4. The molecule has 4 aliphatic carbocycles. The third-order valence-electron chi connectivity index (χ3n) is 7.33. The van der Waals surface area contributed by atoms with Crippen LogP contribution in [0.5, 0.6) is 0 Å². The lowest BCUT2D eigenvalue weighted by Crippen LogP contribution is -2.56. The molecule has 25 heavy (non-hydrogen) atoms. The number of hydrogen-bond acceptors (Lipinski definition) is 2. The molecule has 4 nitrogen and oxygen atoms in total. The largest absolute Gasteiger partial charge is 0.342 e. The van der Waals surface area contributed by atoms with E-state index in [0.29, 0.717) is 12.0 Å². The monoisotopic (exact) mass is 349 g/mol. The summed E-state index contributed by atoms with van der Waals surface area (Å²) in [7, 11) is 0. The number of fused-ring (bicyclic) bond motifs is 1. The van der Waals surface area contributed by atoms with Gasteiger partial charge in [0.15, 0.2) is 0 Å². The molecule has 6 rings (SSSR count). The van der Waals surface area contributed by atoms with Gasteiger partial charge in [-0.15, -0.1) is 0 Å². The summed E-state index contributed by atoms with van der Waals surface area (Å²) in [5, 5.41) is 4.57. The smallest absolute Gasteiger partial charge is 0.251 e. The number of aromatic nitrogens is 2. The van der Waals surface area contributed by atoms with Crippen molar-refractivity contribution in [2.75, 3.05) is 13.1 Å². The molecule has 4 saturated carbocycles. The predicted octanol–water partition coefficient (Wildman–Crippen LogP) is 3.53. The molecule has 5 fully saturated rings. The van der Waals surface area contributed by atoms with E-state index < -0.39 is 5.92 Å². The van der Waals surface area contributed by atoms with Crippen molar-refractivity contribution in [1.82, 2.24) is 14.7 Å². The first-order valence-electron chi connectivity index (χ1n) is 9.71. The molecule has 0 radical (unpaired) electrons. The van der Waals surface area contributed by atoms with Gasteiger partial charge in [-0.25, -0.2) is 8.78 Å². The number of nitrogens with zero attached hydrogens (tertiary/aromatic N) is 3. The number of carbonyl (C=O) groups excluding carboxylic acids is 1. The number of likely N-dealkylation sites (tertiary alicyclic amines) is 1. The Kier molecular flexibility index (Phi) is 3.32. The van der Waals surface area contributed by atoms with E-state index in [4.69, 9.17) is 0 Å². The maximum Gasteiger partial charge on any atom is 0.251 e. The molecule has 136 valence electrons. The molecule has 6 heteroatoms. The summed E-state index contributed by atoms with van der Waals surface area (Å²) in [6, 6.07) is 2.59. The number of carbonyl (C=O) groups is 1. The molecule has 1 aliphatic heterocycles. The minimum Gasteiger partial charge on any atom is -0.342 e. The zero-order chi connectivity index (χ0) is 17.2. The van der Waals surface area contributed by atoms with E-state index in [9.17, 15) is 13.6 Å². The van der Waals surface area contributed by atoms with Gasteiger partial charge >= 0.3 is 0 Å². The van der Waals surface area contributed by atoms with Crippen LogP contribution in [0.2, 0.25) is 0 Å². The molecule has 3 unspecified atom stereocenters. The van der Waals surface area contributed by atoms with Gasteiger partial charge in [0.2, 0.25) is 5.91 Å². The lowest BCUT2D eigenvalue weighted by molar-refractivity contribution is -0.150. The van der Waals surface area contributed by atoms with E-state index in [0.717, 1.165) is 19.3 Å². The first-order chi connectivity index (χ1) is 12.0. The summed E-state index contributed by atoms with van der Waals surface area (Å²) in [5.41, 5.74) is 1.14. The van der Waals surface area contributed by atoms with Crippen LogP contribution in [0.25, 0.3) is 0 Å². The second-order valence-electron chi connectivity index (χ2n) is 8.56. The van der Waals surface area contributed by atoms with Gasteiger partial charge in [0.05, 0.1) is 12.0 Å². The SMILES string of the molecule is O=C(C1C2CCC1(c1ccnn1C1CCC1)C2)N1CCC(F)(F)CC1. The quantitative estimate of drug-likeness (QED) is 0.837. The van der Waals surface area contributed by atoms with Crippen molar-refractivity contribution in [3.8, 4) is 0 Å². The molecule has 0 N–H and O–H groups in total. The third-order valence-corrected chi connectivity index (χ3v) is 7.33. The van der Waals surface area contributed by atoms with Crippen LogP contribution < -0.4 is 0 Å². The Balaban J connectivity index is 1.39. The normalized spacial score (nSPS) is 36.8. The van der Waals surface area contributed by atoms with Crippen LogP contribution in [0.3, 0.4) is 0 Å². The van der Waals surface area contributed by atoms with Crippen LogP contribution in [0.4, 0.5) is 8.78 Å². The summed E-state index contributed by atoms with van der Waals surface area (Å²) < 4.78 is 29.1. The number of halogens is 2. The van der Waals surface area contributed by atoms with Crippen molar-refractivity contribution < 1.29 is 13.6 Å². The lowest BCUT2D eigenvalue weighted by atomic mass is 9.57. The first-order valence-corrected chi connectivity index (χ1v) is 9.71. The van der Waals surface area contributed by atoms with Crippen LogP contribution in [0, 0.1) is 11.8 Å². The van der Waals surface area contributed by atoms with Crippen molar-refractivity contribution in [1.29, 1.82) is 0 Å². The van der Waals surface area contributed by atoms with Crippen molar-refractivity contribution >= 4 is 5.91 Å². The number of alkyl halides is 2. The van der Waals surface area contributed by atoms with Crippen LogP contribution in [0.15, 0.2) is 12.3 Å². The fourth-order valence-electron chi connectivity index (χ4n) is 5.68. The summed E-state index contributed by atoms with van der Waals surface area (Å²) in [5.74, 6) is -2.07. The van der Waals surface area contributed by atoms with E-state index in [1.807, 2.05) is 6.20 Å². The molecule has 2 heterocycles. The first kappa shape index (κ1) is 15.8. The highest BCUT2D eigenvalue weighted by Crippen LogP contribution is 2.64. The van der Waals surface area contributed by atoms with Crippen molar-refractivity contribution in [2.45, 2.75) is 68.7 Å². The van der Waals surface area contributed by atoms with Crippen molar-refractivity contribution in [3.63, 3.8) is 0 Å². The molecule has 3 atom stereocenters. The lowest BCUT2D eigenvalue weighted by Gasteiger charge is -2.49. The number of rotatable bonds is 3. The average molecular weight is 349 g/mol. The Hall–Kier alpha value is -1.46. The minimum atomic E-state index is -2.60. The van der Waals surface area contributed by atoms with Crippen molar-refractivity contribution in [3.05, 3.63) is 18.0 Å². The van der Waals surface area contributed by atoms with Gasteiger partial charge in [0, 0.05) is 43.2 Å². The van der Waals surface area contributed by atoms with E-state index in [1.165, 1.54) is 25.0 Å². The van der Waals surface area contributed by atoms with Crippen LogP contribution in [-0.4, -0.2) is 39.6 Å². The summed E-state index contributed by atoms with van der Waals surface area (Å²) in [6.07, 6.45) is 8.27. The predicted molar refractivity (Wildman–Crippen MR) is 88.4 cm³/mol. The fourth-order valence-corrected chi connectivity index (χ4v) is 5.68. The molecule has 1 amide bonds. The van der Waals surface area contributed by atoms with E-state index in [1.54, 1.807) is 4.90 Å². The maximum absolute atomic E-state index is 13.4. The molecular formula is C19H25F2N3O. The van der Waals surface area contributed by atoms with Crippen molar-refractivity contribution in [2.24, 2.45) is 11.8 Å². The van der Waals surface area contributed by atoms with Crippen LogP contribution >= 0.6 is 0 Å². The highest BCUT2D eigenvalue weighted by atomic mass is 19.3. The topological polar surface area (TPSA) is 38.1 Å². The second-order valence-corrected chi connectivity index (χ2v) is 8.56. The zero-order valence-electron chi connectivity index (χ0n) is 14.5. The minimum absolute atomic E-state index is 0.0188. The molecule has 1 aromatic heterocycles. The molecule has 0 spiro atoms. The average Bonchev–Trinajstić information content (AvgIpc) is 3.18. The Morgan fingerprint density at radius 3 is 2.56 bits per heavy atom. The van der Waals surface area contributed by atoms with Crippen LogP contribution in [-0.2, 0) is 10.2 Å². The highest BCUT2D eigenvalue weighted by Gasteiger charge is 2.65. The summed E-state index contributed by atoms with van der Waals surface area (Å²) in [4.78, 5) is 14.9. The molecule has 5 aliphatic rings. The Morgan fingerprint density at radius 1 is 1.16 bits per heavy atom. The second kappa shape index (κ2) is 5.27. The standard InChI is InChI=1S/C19H25F2N3O/c20-19(21)7-10-23(11-8-19)17(25)16-13-4-6-18(16,12-13)15-5-9-22-24(15)14-2-1-3-14/h5,9,13-14,16H,1-4,6-8,10-12H2. The number of hydrogen-bond donors (Lipinski definition) is 0. The van der Waals surface area contributed by atoms with Gasteiger partial charge in [-0.2, -0.15) is 5.10 Å². The summed E-state index contributed by atoms with van der Waals surface area (Å²) in [6.45, 7) is 0.403.